The first-order valence-electron chi connectivity index (χ1n) is 9.28. The first kappa shape index (κ1) is 19.1. The van der Waals surface area contributed by atoms with Crippen LogP contribution in [0, 0.1) is 11.7 Å². The zero-order valence-corrected chi connectivity index (χ0v) is 15.1. The highest BCUT2D eigenvalue weighted by atomic mass is 19.1. The van der Waals surface area contributed by atoms with E-state index in [4.69, 9.17) is 0 Å². The highest BCUT2D eigenvalue weighted by Crippen LogP contribution is 2.23. The lowest BCUT2D eigenvalue weighted by atomic mass is 9.83. The molecule has 2 atom stereocenters. The van der Waals surface area contributed by atoms with Crippen molar-refractivity contribution in [2.45, 2.75) is 51.5 Å². The molecule has 1 aromatic carbocycles. The van der Waals surface area contributed by atoms with Crippen LogP contribution in [0.3, 0.4) is 0 Å². The monoisotopic (exact) mass is 334 g/mol. The number of carbonyl (C=O) groups is 1. The van der Waals surface area contributed by atoms with E-state index in [-0.39, 0.29) is 5.82 Å². The molecule has 1 aromatic rings. The molecule has 0 spiro atoms. The molecule has 0 radical (unpaired) electrons. The van der Waals surface area contributed by atoms with Gasteiger partial charge in [0.2, 0.25) is 0 Å². The predicted octanol–water partition coefficient (Wildman–Crippen LogP) is 3.43. The molecular formula is C20H31FN2O. The number of halogens is 1. The van der Waals surface area contributed by atoms with Crippen molar-refractivity contribution in [3.05, 3.63) is 35.6 Å². The SMILES string of the molecule is CCCN(CCCc1ccc(F)cc1)C[C@@H]1CC(=O)CC[C@H]1NC. The van der Waals surface area contributed by atoms with E-state index in [1.165, 1.54) is 17.7 Å². The molecule has 0 aromatic heterocycles. The van der Waals surface area contributed by atoms with Crippen molar-refractivity contribution in [3.8, 4) is 0 Å². The Hall–Kier alpha value is -1.26. The van der Waals surface area contributed by atoms with Gasteiger partial charge in [-0.25, -0.2) is 4.39 Å². The third kappa shape index (κ3) is 5.99. The van der Waals surface area contributed by atoms with Gasteiger partial charge in [0.05, 0.1) is 0 Å². The van der Waals surface area contributed by atoms with Gasteiger partial charge in [0, 0.05) is 25.4 Å². The van der Waals surface area contributed by atoms with Gasteiger partial charge in [-0.3, -0.25) is 4.79 Å². The molecule has 1 N–H and O–H groups in total. The van der Waals surface area contributed by atoms with Gasteiger partial charge in [0.15, 0.2) is 0 Å². The minimum absolute atomic E-state index is 0.175. The van der Waals surface area contributed by atoms with E-state index in [1.807, 2.05) is 19.2 Å². The van der Waals surface area contributed by atoms with Crippen LogP contribution in [0.1, 0.15) is 44.6 Å². The Morgan fingerprint density at radius 1 is 1.25 bits per heavy atom. The maximum Gasteiger partial charge on any atom is 0.133 e. The van der Waals surface area contributed by atoms with Gasteiger partial charge >= 0.3 is 0 Å². The molecule has 0 bridgehead atoms. The van der Waals surface area contributed by atoms with Crippen molar-refractivity contribution in [1.82, 2.24) is 10.2 Å². The average Bonchev–Trinajstić information content (AvgIpc) is 2.57. The zero-order valence-electron chi connectivity index (χ0n) is 15.1. The molecule has 3 nitrogen and oxygen atoms in total. The van der Waals surface area contributed by atoms with E-state index in [0.29, 0.717) is 24.2 Å². The average molecular weight is 334 g/mol. The molecule has 24 heavy (non-hydrogen) atoms. The highest BCUT2D eigenvalue weighted by molar-refractivity contribution is 5.79. The minimum atomic E-state index is -0.175. The van der Waals surface area contributed by atoms with Crippen LogP contribution in [0.15, 0.2) is 24.3 Å². The normalized spacial score (nSPS) is 21.4. The molecule has 0 unspecified atom stereocenters. The van der Waals surface area contributed by atoms with Crippen molar-refractivity contribution in [3.63, 3.8) is 0 Å². The molecule has 1 aliphatic carbocycles. The lowest BCUT2D eigenvalue weighted by Gasteiger charge is -2.35. The van der Waals surface area contributed by atoms with Crippen LogP contribution in [0.4, 0.5) is 4.39 Å². The number of nitrogens with zero attached hydrogens (tertiary/aromatic N) is 1. The van der Waals surface area contributed by atoms with Crippen LogP contribution in [0.2, 0.25) is 0 Å². The summed E-state index contributed by atoms with van der Waals surface area (Å²) in [5, 5.41) is 3.39. The summed E-state index contributed by atoms with van der Waals surface area (Å²) in [4.78, 5) is 14.3. The summed E-state index contributed by atoms with van der Waals surface area (Å²) in [5.41, 5.74) is 1.19. The van der Waals surface area contributed by atoms with Crippen LogP contribution in [-0.2, 0) is 11.2 Å². The molecule has 1 fully saturated rings. The number of nitrogens with one attached hydrogen (secondary N) is 1. The van der Waals surface area contributed by atoms with Gasteiger partial charge in [-0.1, -0.05) is 19.1 Å². The lowest BCUT2D eigenvalue weighted by Crippen LogP contribution is -2.45. The van der Waals surface area contributed by atoms with E-state index in [0.717, 1.165) is 51.7 Å². The van der Waals surface area contributed by atoms with Gasteiger partial charge in [-0.15, -0.1) is 0 Å². The fraction of sp³-hybridized carbons (Fsp3) is 0.650. The largest absolute Gasteiger partial charge is 0.317 e. The van der Waals surface area contributed by atoms with Crippen molar-refractivity contribution >= 4 is 5.78 Å². The molecule has 0 heterocycles. The Labute approximate surface area is 145 Å². The standard InChI is InChI=1S/C20H31FN2O/c1-3-12-23(13-4-5-16-6-8-18(21)9-7-16)15-17-14-19(24)10-11-20(17)22-2/h6-9,17,20,22H,3-5,10-15H2,1-2H3/t17-,20+/m0/s1. The summed E-state index contributed by atoms with van der Waals surface area (Å²) in [6.07, 6.45) is 5.57. The smallest absolute Gasteiger partial charge is 0.133 e. The Balaban J connectivity index is 1.83. The summed E-state index contributed by atoms with van der Waals surface area (Å²) in [6.45, 7) is 5.31. The van der Waals surface area contributed by atoms with Gasteiger partial charge in [-0.2, -0.15) is 0 Å². The van der Waals surface area contributed by atoms with Gasteiger partial charge in [-0.05, 0) is 69.4 Å². The molecule has 0 saturated heterocycles. The van der Waals surface area contributed by atoms with E-state index in [1.54, 1.807) is 0 Å². The third-order valence-corrected chi connectivity index (χ3v) is 5.05. The first-order valence-corrected chi connectivity index (χ1v) is 9.28. The fourth-order valence-electron chi connectivity index (χ4n) is 3.76. The number of ketones is 1. The zero-order chi connectivity index (χ0) is 17.4. The summed E-state index contributed by atoms with van der Waals surface area (Å²) in [6, 6.07) is 7.26. The Morgan fingerprint density at radius 2 is 2.00 bits per heavy atom. The van der Waals surface area contributed by atoms with Gasteiger partial charge in [0.25, 0.3) is 0 Å². The van der Waals surface area contributed by atoms with Crippen molar-refractivity contribution < 1.29 is 9.18 Å². The fourth-order valence-corrected chi connectivity index (χ4v) is 3.76. The van der Waals surface area contributed by atoms with Gasteiger partial charge in [0.1, 0.15) is 11.6 Å². The van der Waals surface area contributed by atoms with E-state index < -0.39 is 0 Å². The highest BCUT2D eigenvalue weighted by Gasteiger charge is 2.29. The number of rotatable bonds is 9. The number of benzene rings is 1. The summed E-state index contributed by atoms with van der Waals surface area (Å²) < 4.78 is 13.0. The van der Waals surface area contributed by atoms with E-state index in [2.05, 4.69) is 17.1 Å². The molecule has 134 valence electrons. The molecular weight excluding hydrogens is 303 g/mol. The Morgan fingerprint density at radius 3 is 2.67 bits per heavy atom. The number of Topliss-reactive ketones (excluding diaryl/α,β-unsaturated/α-hetero) is 1. The molecule has 2 rings (SSSR count). The minimum Gasteiger partial charge on any atom is -0.317 e. The van der Waals surface area contributed by atoms with Crippen LogP contribution < -0.4 is 5.32 Å². The summed E-state index contributed by atoms with van der Waals surface area (Å²) >= 11 is 0. The van der Waals surface area contributed by atoms with E-state index in [9.17, 15) is 9.18 Å². The third-order valence-electron chi connectivity index (χ3n) is 5.05. The second kappa shape index (κ2) is 9.90. The number of hydrogen-bond acceptors (Lipinski definition) is 3. The number of aryl methyl sites for hydroxylation is 1. The van der Waals surface area contributed by atoms with Crippen LogP contribution in [0.25, 0.3) is 0 Å². The predicted molar refractivity (Wildman–Crippen MR) is 96.6 cm³/mol. The quantitative estimate of drug-likeness (QED) is 0.751. The van der Waals surface area contributed by atoms with Gasteiger partial charge < -0.3 is 10.2 Å². The molecule has 1 saturated carbocycles. The lowest BCUT2D eigenvalue weighted by molar-refractivity contribution is -0.122. The molecule has 0 amide bonds. The van der Waals surface area contributed by atoms with Crippen LogP contribution in [-0.4, -0.2) is 43.4 Å². The van der Waals surface area contributed by atoms with Crippen LogP contribution in [0.5, 0.6) is 0 Å². The van der Waals surface area contributed by atoms with Crippen LogP contribution >= 0.6 is 0 Å². The summed E-state index contributed by atoms with van der Waals surface area (Å²) in [5.74, 6) is 0.661. The molecule has 4 heteroatoms. The second-order valence-corrected chi connectivity index (χ2v) is 6.97. The number of carbonyl (C=O) groups excluding carboxylic acids is 1. The summed E-state index contributed by atoms with van der Waals surface area (Å²) in [7, 11) is 2.01. The van der Waals surface area contributed by atoms with Crippen molar-refractivity contribution in [1.29, 1.82) is 0 Å². The van der Waals surface area contributed by atoms with Crippen molar-refractivity contribution in [2.24, 2.45) is 5.92 Å². The molecule has 0 aliphatic heterocycles. The maximum atomic E-state index is 13.0. The Kier molecular flexibility index (Phi) is 7.86. The van der Waals surface area contributed by atoms with Crippen molar-refractivity contribution in [2.75, 3.05) is 26.7 Å². The van der Waals surface area contributed by atoms with E-state index >= 15 is 0 Å². The topological polar surface area (TPSA) is 32.3 Å². The Bertz CT molecular complexity index is 503. The number of hydrogen-bond donors (Lipinski definition) is 1. The molecule has 1 aliphatic rings. The first-order chi connectivity index (χ1) is 11.6. The second-order valence-electron chi connectivity index (χ2n) is 6.97. The maximum absolute atomic E-state index is 13.0.